The molecule has 1 saturated carbocycles. The highest BCUT2D eigenvalue weighted by atomic mass is 35.5. The normalized spacial score (nSPS) is 23.4. The van der Waals surface area contributed by atoms with Gasteiger partial charge in [-0.2, -0.15) is 0 Å². The van der Waals surface area contributed by atoms with Gasteiger partial charge in [-0.15, -0.1) is 11.3 Å². The van der Waals surface area contributed by atoms with Gasteiger partial charge in [0.2, 0.25) is 0 Å². The van der Waals surface area contributed by atoms with Crippen molar-refractivity contribution >= 4 is 34.5 Å². The van der Waals surface area contributed by atoms with E-state index in [0.717, 1.165) is 9.36 Å². The van der Waals surface area contributed by atoms with E-state index in [0.29, 0.717) is 18.0 Å². The quantitative estimate of drug-likeness (QED) is 0.765. The molecule has 1 heterocycles. The Hall–Kier alpha value is -0.540. The number of hydrogen-bond acceptors (Lipinski definition) is 2. The molecule has 1 aromatic heterocycles. The van der Waals surface area contributed by atoms with Crippen LogP contribution in [-0.4, -0.2) is 6.04 Å². The summed E-state index contributed by atoms with van der Waals surface area (Å²) < 4.78 is 0.862. The number of nitrogens with one attached hydrogen (secondary N) is 1. The van der Waals surface area contributed by atoms with Gasteiger partial charge in [-0.1, -0.05) is 35.3 Å². The second-order valence-corrected chi connectivity index (χ2v) is 7.63. The zero-order valence-electron chi connectivity index (χ0n) is 11.3. The summed E-state index contributed by atoms with van der Waals surface area (Å²) in [5.74, 6) is 0.670. The van der Waals surface area contributed by atoms with Gasteiger partial charge in [0.1, 0.15) is 0 Å². The standard InChI is InChI=1S/C16H17Cl2NS/c1-10(15-6-7-16(18)20-15)19-14-8-12(9-14)11-2-4-13(17)5-3-11/h2-7,10,12,14,19H,8-9H2,1H3. The van der Waals surface area contributed by atoms with Gasteiger partial charge in [-0.25, -0.2) is 0 Å². The van der Waals surface area contributed by atoms with Gasteiger partial charge in [0.25, 0.3) is 0 Å². The number of halogens is 2. The van der Waals surface area contributed by atoms with Crippen molar-refractivity contribution in [2.24, 2.45) is 0 Å². The molecule has 1 fully saturated rings. The lowest BCUT2D eigenvalue weighted by Gasteiger charge is -2.38. The number of hydrogen-bond donors (Lipinski definition) is 1. The predicted octanol–water partition coefficient (Wildman–Crippen LogP) is 5.65. The first kappa shape index (κ1) is 14.4. The fourth-order valence-corrected chi connectivity index (χ4v) is 3.96. The van der Waals surface area contributed by atoms with Gasteiger partial charge in [0.05, 0.1) is 4.34 Å². The van der Waals surface area contributed by atoms with Crippen LogP contribution in [0.15, 0.2) is 36.4 Å². The molecule has 0 aliphatic heterocycles. The van der Waals surface area contributed by atoms with E-state index in [1.54, 1.807) is 11.3 Å². The Morgan fingerprint density at radius 3 is 2.40 bits per heavy atom. The second kappa shape index (κ2) is 6.07. The summed E-state index contributed by atoms with van der Waals surface area (Å²) in [6.45, 7) is 2.21. The number of rotatable bonds is 4. The van der Waals surface area contributed by atoms with Crippen LogP contribution < -0.4 is 5.32 Å². The van der Waals surface area contributed by atoms with Crippen LogP contribution in [-0.2, 0) is 0 Å². The molecule has 4 heteroatoms. The third kappa shape index (κ3) is 3.20. The fourth-order valence-electron chi connectivity index (χ4n) is 2.76. The monoisotopic (exact) mass is 325 g/mol. The second-order valence-electron chi connectivity index (χ2n) is 5.45. The lowest BCUT2D eigenvalue weighted by atomic mass is 9.75. The Morgan fingerprint density at radius 1 is 1.10 bits per heavy atom. The zero-order chi connectivity index (χ0) is 14.1. The maximum absolute atomic E-state index is 5.98. The Labute approximate surface area is 133 Å². The molecule has 1 unspecified atom stereocenters. The van der Waals surface area contributed by atoms with Crippen molar-refractivity contribution in [3.05, 3.63) is 56.2 Å². The average molecular weight is 326 g/mol. The minimum atomic E-state index is 0.378. The van der Waals surface area contributed by atoms with Crippen LogP contribution in [0, 0.1) is 0 Å². The summed E-state index contributed by atoms with van der Waals surface area (Å²) >= 11 is 13.6. The van der Waals surface area contributed by atoms with Crippen LogP contribution in [0.4, 0.5) is 0 Å². The van der Waals surface area contributed by atoms with Gasteiger partial charge in [-0.3, -0.25) is 0 Å². The first-order valence-corrected chi connectivity index (χ1v) is 8.46. The van der Waals surface area contributed by atoms with Crippen molar-refractivity contribution in [1.82, 2.24) is 5.32 Å². The van der Waals surface area contributed by atoms with E-state index in [9.17, 15) is 0 Å². The fraction of sp³-hybridized carbons (Fsp3) is 0.375. The van der Waals surface area contributed by atoms with E-state index in [-0.39, 0.29) is 0 Å². The molecule has 0 amide bonds. The summed E-state index contributed by atoms with van der Waals surface area (Å²) in [4.78, 5) is 1.31. The molecule has 1 nitrogen and oxygen atoms in total. The summed E-state index contributed by atoms with van der Waals surface area (Å²) in [5, 5.41) is 4.49. The summed E-state index contributed by atoms with van der Waals surface area (Å²) in [6, 6.07) is 13.3. The van der Waals surface area contributed by atoms with Crippen LogP contribution in [0.5, 0.6) is 0 Å². The Kier molecular flexibility index (Phi) is 4.37. The molecule has 1 atom stereocenters. The highest BCUT2D eigenvalue weighted by molar-refractivity contribution is 7.16. The lowest BCUT2D eigenvalue weighted by molar-refractivity contribution is 0.272. The maximum atomic E-state index is 5.98. The smallest absolute Gasteiger partial charge is 0.0931 e. The van der Waals surface area contributed by atoms with E-state index in [4.69, 9.17) is 23.2 Å². The molecule has 1 N–H and O–H groups in total. The van der Waals surface area contributed by atoms with Crippen molar-refractivity contribution in [2.75, 3.05) is 0 Å². The van der Waals surface area contributed by atoms with Crippen molar-refractivity contribution in [3.63, 3.8) is 0 Å². The molecule has 1 aromatic carbocycles. The van der Waals surface area contributed by atoms with Crippen LogP contribution in [0.25, 0.3) is 0 Å². The largest absolute Gasteiger partial charge is 0.307 e. The van der Waals surface area contributed by atoms with Crippen LogP contribution in [0.3, 0.4) is 0 Å². The summed E-state index contributed by atoms with van der Waals surface area (Å²) in [7, 11) is 0. The Balaban J connectivity index is 1.52. The highest BCUT2D eigenvalue weighted by Crippen LogP contribution is 2.38. The Morgan fingerprint density at radius 2 is 1.80 bits per heavy atom. The molecule has 1 aliphatic carbocycles. The molecule has 2 aromatic rings. The van der Waals surface area contributed by atoms with Crippen LogP contribution in [0.1, 0.15) is 42.2 Å². The van der Waals surface area contributed by atoms with Gasteiger partial charge in [0, 0.05) is 22.0 Å². The number of benzene rings is 1. The van der Waals surface area contributed by atoms with E-state index in [1.165, 1.54) is 23.3 Å². The molecule has 0 spiro atoms. The van der Waals surface area contributed by atoms with E-state index < -0.39 is 0 Å². The van der Waals surface area contributed by atoms with Crippen LogP contribution in [0.2, 0.25) is 9.36 Å². The van der Waals surface area contributed by atoms with E-state index in [1.807, 2.05) is 18.2 Å². The van der Waals surface area contributed by atoms with Gasteiger partial charge < -0.3 is 5.32 Å². The highest BCUT2D eigenvalue weighted by Gasteiger charge is 2.31. The Bertz CT molecular complexity index is 572. The molecule has 1 aliphatic rings. The van der Waals surface area contributed by atoms with Crippen LogP contribution >= 0.6 is 34.5 Å². The maximum Gasteiger partial charge on any atom is 0.0931 e. The number of thiophene rings is 1. The molecule has 20 heavy (non-hydrogen) atoms. The minimum absolute atomic E-state index is 0.378. The summed E-state index contributed by atoms with van der Waals surface area (Å²) in [5.41, 5.74) is 1.40. The first-order valence-electron chi connectivity index (χ1n) is 6.88. The molecule has 3 rings (SSSR count). The topological polar surface area (TPSA) is 12.0 Å². The molecule has 0 bridgehead atoms. The molecule has 106 valence electrons. The third-order valence-corrected chi connectivity index (χ3v) is 5.65. The zero-order valence-corrected chi connectivity index (χ0v) is 13.6. The third-order valence-electron chi connectivity index (χ3n) is 3.99. The van der Waals surface area contributed by atoms with Gasteiger partial charge >= 0.3 is 0 Å². The molecular formula is C16H17Cl2NS. The SMILES string of the molecule is CC(NC1CC(c2ccc(Cl)cc2)C1)c1ccc(Cl)s1. The van der Waals surface area contributed by atoms with E-state index >= 15 is 0 Å². The van der Waals surface area contributed by atoms with Crippen molar-refractivity contribution in [2.45, 2.75) is 37.8 Å². The van der Waals surface area contributed by atoms with Gasteiger partial charge in [0.15, 0.2) is 0 Å². The van der Waals surface area contributed by atoms with Crippen molar-refractivity contribution < 1.29 is 0 Å². The first-order chi connectivity index (χ1) is 9.61. The van der Waals surface area contributed by atoms with Crippen molar-refractivity contribution in [1.29, 1.82) is 0 Å². The lowest BCUT2D eigenvalue weighted by Crippen LogP contribution is -2.41. The molecular weight excluding hydrogens is 309 g/mol. The summed E-state index contributed by atoms with van der Waals surface area (Å²) in [6.07, 6.45) is 2.40. The van der Waals surface area contributed by atoms with Gasteiger partial charge in [-0.05, 0) is 55.5 Å². The average Bonchev–Trinajstić information content (AvgIpc) is 2.81. The molecule has 0 radical (unpaired) electrons. The predicted molar refractivity (Wildman–Crippen MR) is 88.1 cm³/mol. The van der Waals surface area contributed by atoms with E-state index in [2.05, 4.69) is 30.4 Å². The molecule has 0 saturated heterocycles. The van der Waals surface area contributed by atoms with Crippen molar-refractivity contribution in [3.8, 4) is 0 Å². The minimum Gasteiger partial charge on any atom is -0.307 e.